The van der Waals surface area contributed by atoms with Gasteiger partial charge in [-0.15, -0.1) is 0 Å². The molecule has 0 unspecified atom stereocenters. The van der Waals surface area contributed by atoms with Crippen LogP contribution in [0, 0.1) is 0 Å². The Morgan fingerprint density at radius 1 is 0.767 bits per heavy atom. The highest BCUT2D eigenvalue weighted by Gasteiger charge is 2.34. The molecule has 2 aliphatic rings. The number of halogens is 2. The molecular formula is C36H33Cl2N3O2. The molecule has 1 aromatic heterocycles. The Morgan fingerprint density at radius 2 is 1.35 bits per heavy atom. The Morgan fingerprint density at radius 3 is 1.91 bits per heavy atom. The number of carboxylic acid groups (broad SMARTS) is 1. The van der Waals surface area contributed by atoms with Gasteiger partial charge in [-0.25, -0.2) is 9.78 Å². The molecular weight excluding hydrogens is 577 g/mol. The van der Waals surface area contributed by atoms with Gasteiger partial charge in [0, 0.05) is 39.7 Å². The van der Waals surface area contributed by atoms with Crippen molar-refractivity contribution in [1.82, 2.24) is 9.55 Å². The number of fused-ring (bicyclic) bond motifs is 1. The highest BCUT2D eigenvalue weighted by Crippen LogP contribution is 2.45. The molecule has 5 nitrogen and oxygen atoms in total. The van der Waals surface area contributed by atoms with Crippen molar-refractivity contribution >= 4 is 45.9 Å². The number of benzene rings is 4. The molecule has 43 heavy (non-hydrogen) atoms. The number of carbonyl (C=O) groups is 1. The number of anilines is 1. The highest BCUT2D eigenvalue weighted by atomic mass is 35.5. The van der Waals surface area contributed by atoms with E-state index < -0.39 is 5.97 Å². The average Bonchev–Trinajstić information content (AvgIpc) is 3.80. The smallest absolute Gasteiger partial charge is 0.335 e. The SMILES string of the molecule is O=C(O)c1ccc(N[C@H]2CC[C@H](n3c(C4CC4)nc4ccc(C(c5ccc(Cl)cc5)c5ccc(Cl)cc5)cc43)CC2)cc1. The van der Waals surface area contributed by atoms with Gasteiger partial charge in [0.15, 0.2) is 0 Å². The summed E-state index contributed by atoms with van der Waals surface area (Å²) in [5, 5.41) is 14.3. The van der Waals surface area contributed by atoms with E-state index in [0.29, 0.717) is 23.6 Å². The van der Waals surface area contributed by atoms with Crippen LogP contribution in [0.15, 0.2) is 91.0 Å². The van der Waals surface area contributed by atoms with E-state index in [1.807, 2.05) is 36.4 Å². The van der Waals surface area contributed by atoms with Gasteiger partial charge in [-0.1, -0.05) is 53.5 Å². The van der Waals surface area contributed by atoms with Crippen molar-refractivity contribution in [3.63, 3.8) is 0 Å². The van der Waals surface area contributed by atoms with Crippen molar-refractivity contribution in [2.75, 3.05) is 5.32 Å². The maximum Gasteiger partial charge on any atom is 0.335 e. The van der Waals surface area contributed by atoms with Crippen molar-refractivity contribution in [2.45, 2.75) is 62.4 Å². The topological polar surface area (TPSA) is 67.2 Å². The van der Waals surface area contributed by atoms with E-state index in [-0.39, 0.29) is 5.92 Å². The number of hydrogen-bond acceptors (Lipinski definition) is 3. The van der Waals surface area contributed by atoms with Crippen molar-refractivity contribution in [3.05, 3.63) is 129 Å². The fourth-order valence-electron chi connectivity index (χ4n) is 6.63. The lowest BCUT2D eigenvalue weighted by Gasteiger charge is -2.32. The van der Waals surface area contributed by atoms with Crippen LogP contribution in [0.1, 0.15) is 89.3 Å². The molecule has 2 N–H and O–H groups in total. The van der Waals surface area contributed by atoms with E-state index in [9.17, 15) is 9.90 Å². The average molecular weight is 611 g/mol. The fraction of sp³-hybridized carbons (Fsp3) is 0.278. The molecule has 7 heteroatoms. The number of nitrogens with one attached hydrogen (secondary N) is 1. The maximum absolute atomic E-state index is 11.2. The lowest BCUT2D eigenvalue weighted by Crippen LogP contribution is -2.28. The summed E-state index contributed by atoms with van der Waals surface area (Å²) in [7, 11) is 0. The summed E-state index contributed by atoms with van der Waals surface area (Å²) in [6, 6.07) is 30.9. The fourth-order valence-corrected chi connectivity index (χ4v) is 6.88. The molecule has 0 radical (unpaired) electrons. The van der Waals surface area contributed by atoms with E-state index in [2.05, 4.69) is 52.3 Å². The van der Waals surface area contributed by atoms with Crippen LogP contribution >= 0.6 is 23.2 Å². The normalized spacial score (nSPS) is 18.7. The van der Waals surface area contributed by atoms with Gasteiger partial charge < -0.3 is 15.0 Å². The molecule has 2 saturated carbocycles. The molecule has 5 aromatic rings. The first-order chi connectivity index (χ1) is 20.9. The van der Waals surface area contributed by atoms with Gasteiger partial charge in [0.1, 0.15) is 5.82 Å². The van der Waals surface area contributed by atoms with Crippen LogP contribution in [0.5, 0.6) is 0 Å². The van der Waals surface area contributed by atoms with Crippen molar-refractivity contribution in [1.29, 1.82) is 0 Å². The van der Waals surface area contributed by atoms with E-state index >= 15 is 0 Å². The van der Waals surface area contributed by atoms with Gasteiger partial charge >= 0.3 is 5.97 Å². The molecule has 7 rings (SSSR count). The molecule has 218 valence electrons. The molecule has 2 fully saturated rings. The Kier molecular flexibility index (Phi) is 7.62. The number of aromatic carboxylic acids is 1. The Hall–Kier alpha value is -3.80. The van der Waals surface area contributed by atoms with Gasteiger partial charge in [-0.05, 0) is 116 Å². The molecule has 0 saturated heterocycles. The zero-order chi connectivity index (χ0) is 29.5. The zero-order valence-corrected chi connectivity index (χ0v) is 25.2. The lowest BCUT2D eigenvalue weighted by molar-refractivity contribution is 0.0697. The number of imidazole rings is 1. The number of hydrogen-bond donors (Lipinski definition) is 2. The minimum atomic E-state index is -0.901. The summed E-state index contributed by atoms with van der Waals surface area (Å²) in [5.41, 5.74) is 7.15. The van der Waals surface area contributed by atoms with Gasteiger partial charge in [0.25, 0.3) is 0 Å². The number of carboxylic acids is 1. The van der Waals surface area contributed by atoms with Crippen molar-refractivity contribution in [2.24, 2.45) is 0 Å². The van der Waals surface area contributed by atoms with E-state index in [1.165, 1.54) is 40.9 Å². The minimum absolute atomic E-state index is 0.0408. The van der Waals surface area contributed by atoms with Crippen LogP contribution in [-0.2, 0) is 0 Å². The molecule has 1 heterocycles. The van der Waals surface area contributed by atoms with E-state index in [0.717, 1.165) is 46.9 Å². The zero-order valence-electron chi connectivity index (χ0n) is 23.7. The first kappa shape index (κ1) is 28.0. The molecule has 2 aliphatic carbocycles. The standard InChI is InChI=1S/C36H33Cl2N3O2/c37-27-10-3-22(4-11-27)34(23-5-12-28(38)13-6-23)26-9-20-32-33(21-26)41(35(40-32)24-1-2-24)31-18-16-30(17-19-31)39-29-14-7-25(8-15-29)36(42)43/h3-15,20-21,24,30-31,34,39H,1-2,16-19H2,(H,42,43)/t30-,31-. The van der Waals surface area contributed by atoms with Crippen LogP contribution in [0.3, 0.4) is 0 Å². The summed E-state index contributed by atoms with van der Waals surface area (Å²) in [6.45, 7) is 0. The largest absolute Gasteiger partial charge is 0.478 e. The first-order valence-corrected chi connectivity index (χ1v) is 15.8. The summed E-state index contributed by atoms with van der Waals surface area (Å²) in [6.07, 6.45) is 6.64. The predicted molar refractivity (Wildman–Crippen MR) is 174 cm³/mol. The van der Waals surface area contributed by atoms with Gasteiger partial charge in [0.05, 0.1) is 16.6 Å². The van der Waals surface area contributed by atoms with Crippen LogP contribution in [0.4, 0.5) is 5.69 Å². The van der Waals surface area contributed by atoms with Gasteiger partial charge in [-0.2, -0.15) is 0 Å². The van der Waals surface area contributed by atoms with E-state index in [1.54, 1.807) is 12.1 Å². The highest BCUT2D eigenvalue weighted by molar-refractivity contribution is 6.30. The summed E-state index contributed by atoms with van der Waals surface area (Å²) < 4.78 is 2.56. The molecule has 0 spiro atoms. The van der Waals surface area contributed by atoms with Crippen molar-refractivity contribution < 1.29 is 9.90 Å². The van der Waals surface area contributed by atoms with Gasteiger partial charge in [0.2, 0.25) is 0 Å². The maximum atomic E-state index is 11.2. The van der Waals surface area contributed by atoms with Crippen LogP contribution in [0.25, 0.3) is 11.0 Å². The van der Waals surface area contributed by atoms with Gasteiger partial charge in [-0.3, -0.25) is 0 Å². The second-order valence-electron chi connectivity index (χ2n) is 11.9. The monoisotopic (exact) mass is 609 g/mol. The Labute approximate surface area is 261 Å². The predicted octanol–water partition coefficient (Wildman–Crippen LogP) is 9.69. The summed E-state index contributed by atoms with van der Waals surface area (Å²) in [5.74, 6) is 0.922. The molecule has 0 bridgehead atoms. The Balaban J connectivity index is 1.20. The molecule has 0 amide bonds. The third kappa shape index (κ3) is 5.89. The lowest BCUT2D eigenvalue weighted by atomic mass is 9.85. The third-order valence-electron chi connectivity index (χ3n) is 8.99. The minimum Gasteiger partial charge on any atom is -0.478 e. The Bertz CT molecular complexity index is 1710. The second kappa shape index (κ2) is 11.7. The molecule has 4 aromatic carbocycles. The number of aromatic nitrogens is 2. The third-order valence-corrected chi connectivity index (χ3v) is 9.49. The van der Waals surface area contributed by atoms with Crippen LogP contribution < -0.4 is 5.32 Å². The van der Waals surface area contributed by atoms with Crippen LogP contribution in [0.2, 0.25) is 10.0 Å². The van der Waals surface area contributed by atoms with Crippen molar-refractivity contribution in [3.8, 4) is 0 Å². The number of rotatable bonds is 8. The number of nitrogens with zero attached hydrogens (tertiary/aromatic N) is 2. The molecule has 0 aliphatic heterocycles. The summed E-state index contributed by atoms with van der Waals surface area (Å²) in [4.78, 5) is 16.4. The van der Waals surface area contributed by atoms with Crippen LogP contribution in [-0.4, -0.2) is 26.7 Å². The molecule has 0 atom stereocenters. The summed E-state index contributed by atoms with van der Waals surface area (Å²) >= 11 is 12.5. The second-order valence-corrected chi connectivity index (χ2v) is 12.8. The first-order valence-electron chi connectivity index (χ1n) is 15.1. The van der Waals surface area contributed by atoms with E-state index in [4.69, 9.17) is 28.2 Å². The quantitative estimate of drug-likeness (QED) is 0.172.